The number of nitrogens with zero attached hydrogens (tertiary/aromatic N) is 1. The van der Waals surface area contributed by atoms with Crippen LogP contribution >= 0.6 is 35.4 Å². The van der Waals surface area contributed by atoms with Gasteiger partial charge in [-0.3, -0.25) is 9.78 Å². The zero-order valence-corrected chi connectivity index (χ0v) is 12.7. The normalized spacial score (nSPS) is 10.2. The van der Waals surface area contributed by atoms with Gasteiger partial charge in [-0.2, -0.15) is 0 Å². The van der Waals surface area contributed by atoms with Crippen molar-refractivity contribution in [2.75, 3.05) is 7.11 Å². The SMILES string of the molecule is COC(=S)c1cccnc1-c1ccc(Cl)c(Cl)c1C=O. The Labute approximate surface area is 131 Å². The zero-order chi connectivity index (χ0) is 14.7. The second kappa shape index (κ2) is 6.31. The van der Waals surface area contributed by atoms with Gasteiger partial charge in [-0.25, -0.2) is 0 Å². The molecule has 0 radical (unpaired) electrons. The molecule has 2 rings (SSSR count). The van der Waals surface area contributed by atoms with Gasteiger partial charge in [0.05, 0.1) is 28.4 Å². The quantitative estimate of drug-likeness (QED) is 0.626. The van der Waals surface area contributed by atoms with Crippen molar-refractivity contribution in [3.63, 3.8) is 0 Å². The van der Waals surface area contributed by atoms with Crippen molar-refractivity contribution in [2.45, 2.75) is 0 Å². The summed E-state index contributed by atoms with van der Waals surface area (Å²) in [5.41, 5.74) is 1.98. The summed E-state index contributed by atoms with van der Waals surface area (Å²) in [6, 6.07) is 6.80. The summed E-state index contributed by atoms with van der Waals surface area (Å²) in [6.45, 7) is 0. The first-order chi connectivity index (χ1) is 9.60. The molecule has 0 amide bonds. The summed E-state index contributed by atoms with van der Waals surface area (Å²) < 4.78 is 5.07. The topological polar surface area (TPSA) is 39.2 Å². The second-order valence-electron chi connectivity index (χ2n) is 3.83. The number of carbonyl (C=O) groups is 1. The van der Waals surface area contributed by atoms with Crippen LogP contribution < -0.4 is 0 Å². The van der Waals surface area contributed by atoms with Gasteiger partial charge in [-0.05, 0) is 30.4 Å². The van der Waals surface area contributed by atoms with Gasteiger partial charge in [0.1, 0.15) is 0 Å². The fourth-order valence-corrected chi connectivity index (χ4v) is 2.32. The Bertz CT molecular complexity index is 689. The standard InChI is InChI=1S/C14H9Cl2NO2S/c1-19-14(20)9-3-2-6-17-13(9)8-4-5-11(15)12(16)10(8)7-18/h2-7H,1H3. The molecular weight excluding hydrogens is 317 g/mol. The van der Waals surface area contributed by atoms with Gasteiger partial charge in [0.25, 0.3) is 0 Å². The zero-order valence-electron chi connectivity index (χ0n) is 10.4. The fourth-order valence-electron chi connectivity index (χ4n) is 1.78. The lowest BCUT2D eigenvalue weighted by molar-refractivity contribution is 0.112. The van der Waals surface area contributed by atoms with Crippen LogP contribution in [-0.4, -0.2) is 23.4 Å². The van der Waals surface area contributed by atoms with E-state index in [0.29, 0.717) is 28.1 Å². The number of halogens is 2. The monoisotopic (exact) mass is 325 g/mol. The van der Waals surface area contributed by atoms with E-state index in [1.165, 1.54) is 7.11 Å². The number of aldehydes is 1. The average molecular weight is 326 g/mol. The molecule has 0 aliphatic heterocycles. The number of methoxy groups -OCH3 is 1. The molecule has 20 heavy (non-hydrogen) atoms. The second-order valence-corrected chi connectivity index (χ2v) is 4.99. The number of carbonyl (C=O) groups excluding carboxylic acids is 1. The Morgan fingerprint density at radius 1 is 1.35 bits per heavy atom. The van der Waals surface area contributed by atoms with E-state index in [1.54, 1.807) is 30.5 Å². The molecule has 0 aliphatic carbocycles. The highest BCUT2D eigenvalue weighted by Gasteiger charge is 2.17. The summed E-state index contributed by atoms with van der Waals surface area (Å²) in [4.78, 5) is 15.6. The molecule has 0 atom stereocenters. The minimum absolute atomic E-state index is 0.194. The molecule has 102 valence electrons. The minimum Gasteiger partial charge on any atom is -0.486 e. The summed E-state index contributed by atoms with van der Waals surface area (Å²) in [5.74, 6) is 0. The number of thiocarbonyl (C=S) groups is 1. The average Bonchev–Trinajstić information content (AvgIpc) is 2.49. The van der Waals surface area contributed by atoms with Crippen molar-refractivity contribution in [2.24, 2.45) is 0 Å². The summed E-state index contributed by atoms with van der Waals surface area (Å²) >= 11 is 17.1. The molecule has 0 saturated carbocycles. The number of ether oxygens (including phenoxy) is 1. The predicted molar refractivity (Wildman–Crippen MR) is 83.8 cm³/mol. The molecule has 0 unspecified atom stereocenters. The number of pyridine rings is 1. The number of aromatic nitrogens is 1. The van der Waals surface area contributed by atoms with E-state index in [-0.39, 0.29) is 15.6 Å². The molecule has 0 fully saturated rings. The number of rotatable bonds is 3. The number of hydrogen-bond acceptors (Lipinski definition) is 4. The molecule has 1 aromatic carbocycles. The summed E-state index contributed by atoms with van der Waals surface area (Å²) in [5, 5.41) is 0.791. The lowest BCUT2D eigenvalue weighted by Crippen LogP contribution is -2.04. The Balaban J connectivity index is 2.73. The Morgan fingerprint density at radius 3 is 2.75 bits per heavy atom. The maximum atomic E-state index is 11.3. The molecule has 0 aliphatic rings. The fraction of sp³-hybridized carbons (Fsp3) is 0.0714. The van der Waals surface area contributed by atoms with Crippen LogP contribution in [0.2, 0.25) is 10.0 Å². The van der Waals surface area contributed by atoms with Crippen molar-refractivity contribution in [1.29, 1.82) is 0 Å². The van der Waals surface area contributed by atoms with Crippen molar-refractivity contribution in [1.82, 2.24) is 4.98 Å². The van der Waals surface area contributed by atoms with Gasteiger partial charge in [0.15, 0.2) is 11.3 Å². The van der Waals surface area contributed by atoms with E-state index >= 15 is 0 Å². The van der Waals surface area contributed by atoms with E-state index < -0.39 is 0 Å². The van der Waals surface area contributed by atoms with Gasteiger partial charge in [-0.15, -0.1) is 0 Å². The van der Waals surface area contributed by atoms with Gasteiger partial charge in [0, 0.05) is 17.3 Å². The lowest BCUT2D eigenvalue weighted by Gasteiger charge is -2.12. The Hall–Kier alpha value is -1.49. The highest BCUT2D eigenvalue weighted by Crippen LogP contribution is 2.33. The molecule has 2 aromatic rings. The predicted octanol–water partition coefficient (Wildman–Crippen LogP) is 4.19. The molecule has 0 spiro atoms. The smallest absolute Gasteiger partial charge is 0.193 e. The first-order valence-corrected chi connectivity index (χ1v) is 6.73. The van der Waals surface area contributed by atoms with Crippen LogP contribution in [0.4, 0.5) is 0 Å². The van der Waals surface area contributed by atoms with Crippen molar-refractivity contribution in [3.8, 4) is 11.3 Å². The van der Waals surface area contributed by atoms with Crippen LogP contribution in [-0.2, 0) is 4.74 Å². The highest BCUT2D eigenvalue weighted by molar-refractivity contribution is 7.80. The maximum absolute atomic E-state index is 11.3. The van der Waals surface area contributed by atoms with Gasteiger partial charge in [0.2, 0.25) is 0 Å². The third-order valence-electron chi connectivity index (χ3n) is 2.72. The lowest BCUT2D eigenvalue weighted by atomic mass is 10.0. The molecule has 1 aromatic heterocycles. The van der Waals surface area contributed by atoms with Gasteiger partial charge < -0.3 is 4.74 Å². The van der Waals surface area contributed by atoms with E-state index in [4.69, 9.17) is 40.2 Å². The first-order valence-electron chi connectivity index (χ1n) is 5.57. The van der Waals surface area contributed by atoms with E-state index in [0.717, 1.165) is 0 Å². The third kappa shape index (κ3) is 2.68. The molecule has 6 heteroatoms. The Kier molecular flexibility index (Phi) is 4.70. The van der Waals surface area contributed by atoms with E-state index in [2.05, 4.69) is 4.98 Å². The van der Waals surface area contributed by atoms with Gasteiger partial charge in [-0.1, -0.05) is 29.3 Å². The van der Waals surface area contributed by atoms with E-state index in [1.807, 2.05) is 0 Å². The maximum Gasteiger partial charge on any atom is 0.193 e. The van der Waals surface area contributed by atoms with Crippen LogP contribution in [0.5, 0.6) is 0 Å². The number of benzene rings is 1. The summed E-state index contributed by atoms with van der Waals surface area (Å²) in [6.07, 6.45) is 2.26. The molecule has 0 bridgehead atoms. The van der Waals surface area contributed by atoms with E-state index in [9.17, 15) is 4.79 Å². The molecule has 1 heterocycles. The molecule has 3 nitrogen and oxygen atoms in total. The molecule has 0 N–H and O–H groups in total. The van der Waals surface area contributed by atoms with Crippen molar-refractivity contribution < 1.29 is 9.53 Å². The van der Waals surface area contributed by atoms with Crippen molar-refractivity contribution in [3.05, 3.63) is 51.6 Å². The van der Waals surface area contributed by atoms with Gasteiger partial charge >= 0.3 is 0 Å². The van der Waals surface area contributed by atoms with Crippen LogP contribution in [0, 0.1) is 0 Å². The highest BCUT2D eigenvalue weighted by atomic mass is 35.5. The minimum atomic E-state index is 0.194. The molecular formula is C14H9Cl2NO2S. The summed E-state index contributed by atoms with van der Waals surface area (Å²) in [7, 11) is 1.48. The number of hydrogen-bond donors (Lipinski definition) is 0. The van der Waals surface area contributed by atoms with Crippen molar-refractivity contribution >= 4 is 46.8 Å². The van der Waals surface area contributed by atoms with Crippen LogP contribution in [0.15, 0.2) is 30.5 Å². The first kappa shape index (κ1) is 14.9. The third-order valence-corrected chi connectivity index (χ3v) is 3.92. The Morgan fingerprint density at radius 2 is 2.10 bits per heavy atom. The van der Waals surface area contributed by atoms with Crippen LogP contribution in [0.3, 0.4) is 0 Å². The van der Waals surface area contributed by atoms with Crippen LogP contribution in [0.25, 0.3) is 11.3 Å². The molecule has 0 saturated heterocycles. The largest absolute Gasteiger partial charge is 0.486 e. The van der Waals surface area contributed by atoms with Crippen LogP contribution in [0.1, 0.15) is 15.9 Å².